The second-order valence-electron chi connectivity index (χ2n) is 6.32. The minimum Gasteiger partial charge on any atom is -0.489 e. The van der Waals surface area contributed by atoms with Gasteiger partial charge < -0.3 is 9.47 Å². The van der Waals surface area contributed by atoms with Crippen molar-refractivity contribution >= 4 is 5.97 Å². The van der Waals surface area contributed by atoms with E-state index in [2.05, 4.69) is 43.3 Å². The Kier molecular flexibility index (Phi) is 5.37. The Labute approximate surface area is 154 Å². The van der Waals surface area contributed by atoms with Crippen LogP contribution in [0, 0.1) is 13.8 Å². The number of rotatable bonds is 5. The lowest BCUT2D eigenvalue weighted by molar-refractivity contribution is 0.0600. The molecule has 0 unspecified atom stereocenters. The smallest absolute Gasteiger partial charge is 0.337 e. The van der Waals surface area contributed by atoms with Gasteiger partial charge >= 0.3 is 5.97 Å². The minimum atomic E-state index is -0.333. The zero-order valence-corrected chi connectivity index (χ0v) is 15.3. The van der Waals surface area contributed by atoms with Gasteiger partial charge in [-0.1, -0.05) is 48.0 Å². The molecule has 0 fully saturated rings. The molecular formula is C23H22O3. The number of aryl methyl sites for hydroxylation is 2. The molecule has 0 saturated heterocycles. The van der Waals surface area contributed by atoms with Crippen LogP contribution in [0.15, 0.2) is 66.7 Å². The highest BCUT2D eigenvalue weighted by Crippen LogP contribution is 2.27. The second kappa shape index (κ2) is 7.87. The predicted octanol–water partition coefficient (Wildman–Crippen LogP) is 5.34. The van der Waals surface area contributed by atoms with Crippen LogP contribution < -0.4 is 4.74 Å². The highest BCUT2D eigenvalue weighted by molar-refractivity contribution is 5.89. The standard InChI is InChI=1S/C23H22O3/c1-16-4-8-19(9-5-16)21-12-13-22(17(2)14-21)26-15-18-6-10-20(11-7-18)23(24)25-3/h4-14H,15H2,1-3H3. The van der Waals surface area contributed by atoms with E-state index < -0.39 is 0 Å². The topological polar surface area (TPSA) is 35.5 Å². The summed E-state index contributed by atoms with van der Waals surface area (Å²) in [6.07, 6.45) is 0. The molecule has 3 aromatic rings. The SMILES string of the molecule is COC(=O)c1ccc(COc2ccc(-c3ccc(C)cc3)cc2C)cc1. The fourth-order valence-corrected chi connectivity index (χ4v) is 2.75. The summed E-state index contributed by atoms with van der Waals surface area (Å²) in [5, 5.41) is 0. The van der Waals surface area contributed by atoms with Gasteiger partial charge in [0.15, 0.2) is 0 Å². The number of esters is 1. The van der Waals surface area contributed by atoms with Gasteiger partial charge in [-0.25, -0.2) is 4.79 Å². The van der Waals surface area contributed by atoms with Crippen molar-refractivity contribution in [1.29, 1.82) is 0 Å². The van der Waals surface area contributed by atoms with Gasteiger partial charge in [-0.3, -0.25) is 0 Å². The molecule has 0 spiro atoms. The number of carbonyl (C=O) groups is 1. The van der Waals surface area contributed by atoms with Gasteiger partial charge in [-0.2, -0.15) is 0 Å². The van der Waals surface area contributed by atoms with E-state index in [0.29, 0.717) is 12.2 Å². The van der Waals surface area contributed by atoms with Crippen LogP contribution in [0.2, 0.25) is 0 Å². The van der Waals surface area contributed by atoms with Gasteiger partial charge in [0.2, 0.25) is 0 Å². The van der Waals surface area contributed by atoms with Crippen molar-refractivity contribution in [2.24, 2.45) is 0 Å². The summed E-state index contributed by atoms with van der Waals surface area (Å²) in [6.45, 7) is 4.59. The maximum Gasteiger partial charge on any atom is 0.337 e. The number of hydrogen-bond donors (Lipinski definition) is 0. The molecule has 0 N–H and O–H groups in total. The van der Waals surface area contributed by atoms with Crippen molar-refractivity contribution in [3.05, 3.63) is 89.0 Å². The zero-order valence-electron chi connectivity index (χ0n) is 15.3. The number of ether oxygens (including phenoxy) is 2. The Bertz CT molecular complexity index is 894. The van der Waals surface area contributed by atoms with Crippen LogP contribution in [0.3, 0.4) is 0 Å². The van der Waals surface area contributed by atoms with Gasteiger partial charge in [0.25, 0.3) is 0 Å². The molecule has 0 amide bonds. The van der Waals surface area contributed by atoms with Crippen molar-refractivity contribution in [2.45, 2.75) is 20.5 Å². The summed E-state index contributed by atoms with van der Waals surface area (Å²) in [5.41, 5.74) is 6.26. The highest BCUT2D eigenvalue weighted by atomic mass is 16.5. The monoisotopic (exact) mass is 346 g/mol. The average Bonchev–Trinajstić information content (AvgIpc) is 2.67. The molecule has 0 aliphatic rings. The Morgan fingerprint density at radius 2 is 1.50 bits per heavy atom. The van der Waals surface area contributed by atoms with E-state index in [-0.39, 0.29) is 5.97 Å². The van der Waals surface area contributed by atoms with Crippen molar-refractivity contribution < 1.29 is 14.3 Å². The van der Waals surface area contributed by atoms with E-state index in [1.54, 1.807) is 12.1 Å². The van der Waals surface area contributed by atoms with E-state index >= 15 is 0 Å². The van der Waals surface area contributed by atoms with E-state index in [1.807, 2.05) is 25.1 Å². The van der Waals surface area contributed by atoms with Crippen LogP contribution >= 0.6 is 0 Å². The van der Waals surface area contributed by atoms with Gasteiger partial charge in [0.05, 0.1) is 12.7 Å². The quantitative estimate of drug-likeness (QED) is 0.585. The average molecular weight is 346 g/mol. The summed E-state index contributed by atoms with van der Waals surface area (Å²) in [6, 6.07) is 22.0. The molecule has 0 aromatic heterocycles. The predicted molar refractivity (Wildman–Crippen MR) is 103 cm³/mol. The molecule has 3 rings (SSSR count). The Morgan fingerprint density at radius 3 is 2.12 bits per heavy atom. The van der Waals surface area contributed by atoms with E-state index in [9.17, 15) is 4.79 Å². The van der Waals surface area contributed by atoms with Gasteiger partial charge in [-0.15, -0.1) is 0 Å². The summed E-state index contributed by atoms with van der Waals surface area (Å²) in [5.74, 6) is 0.526. The van der Waals surface area contributed by atoms with Crippen LogP contribution in [0.4, 0.5) is 0 Å². The van der Waals surface area contributed by atoms with Gasteiger partial charge in [0, 0.05) is 0 Å². The van der Waals surface area contributed by atoms with E-state index in [0.717, 1.165) is 16.9 Å². The molecule has 0 saturated carbocycles. The molecule has 0 heterocycles. The fourth-order valence-electron chi connectivity index (χ4n) is 2.75. The first-order chi connectivity index (χ1) is 12.6. The lowest BCUT2D eigenvalue weighted by Gasteiger charge is -2.11. The second-order valence-corrected chi connectivity index (χ2v) is 6.32. The molecule has 26 heavy (non-hydrogen) atoms. The van der Waals surface area contributed by atoms with Crippen molar-refractivity contribution in [2.75, 3.05) is 7.11 Å². The zero-order chi connectivity index (χ0) is 18.5. The number of carbonyl (C=O) groups excluding carboxylic acids is 1. The number of benzene rings is 3. The normalized spacial score (nSPS) is 10.4. The van der Waals surface area contributed by atoms with Crippen molar-refractivity contribution in [3.8, 4) is 16.9 Å². The Morgan fingerprint density at radius 1 is 0.846 bits per heavy atom. The molecule has 0 atom stereocenters. The maximum atomic E-state index is 11.5. The molecule has 0 bridgehead atoms. The molecular weight excluding hydrogens is 324 g/mol. The third-order valence-corrected chi connectivity index (χ3v) is 4.33. The minimum absolute atomic E-state index is 0.333. The van der Waals surface area contributed by atoms with Crippen LogP contribution in [-0.4, -0.2) is 13.1 Å². The lowest BCUT2D eigenvalue weighted by Crippen LogP contribution is -2.02. The molecule has 3 nitrogen and oxygen atoms in total. The molecule has 3 aromatic carbocycles. The fraction of sp³-hybridized carbons (Fsp3) is 0.174. The number of methoxy groups -OCH3 is 1. The molecule has 3 heteroatoms. The Hall–Kier alpha value is -3.07. The summed E-state index contributed by atoms with van der Waals surface area (Å²) >= 11 is 0. The third kappa shape index (κ3) is 4.12. The van der Waals surface area contributed by atoms with Crippen LogP contribution in [0.5, 0.6) is 5.75 Å². The van der Waals surface area contributed by atoms with Gasteiger partial charge in [-0.05, 0) is 60.4 Å². The maximum absolute atomic E-state index is 11.5. The number of hydrogen-bond acceptors (Lipinski definition) is 3. The van der Waals surface area contributed by atoms with Crippen molar-refractivity contribution in [1.82, 2.24) is 0 Å². The van der Waals surface area contributed by atoms with Gasteiger partial charge in [0.1, 0.15) is 12.4 Å². The van der Waals surface area contributed by atoms with Crippen molar-refractivity contribution in [3.63, 3.8) is 0 Å². The van der Waals surface area contributed by atoms with E-state index in [4.69, 9.17) is 9.47 Å². The van der Waals surface area contributed by atoms with Crippen LogP contribution in [-0.2, 0) is 11.3 Å². The molecule has 0 aliphatic carbocycles. The highest BCUT2D eigenvalue weighted by Gasteiger charge is 2.06. The van der Waals surface area contributed by atoms with E-state index in [1.165, 1.54) is 23.8 Å². The molecule has 0 aliphatic heterocycles. The molecule has 132 valence electrons. The Balaban J connectivity index is 1.68. The van der Waals surface area contributed by atoms with Crippen LogP contribution in [0.25, 0.3) is 11.1 Å². The lowest BCUT2D eigenvalue weighted by atomic mass is 10.0. The first kappa shape index (κ1) is 17.7. The first-order valence-corrected chi connectivity index (χ1v) is 8.54. The first-order valence-electron chi connectivity index (χ1n) is 8.54. The summed E-state index contributed by atoms with van der Waals surface area (Å²) in [7, 11) is 1.38. The summed E-state index contributed by atoms with van der Waals surface area (Å²) < 4.78 is 10.6. The summed E-state index contributed by atoms with van der Waals surface area (Å²) in [4.78, 5) is 11.5. The van der Waals surface area contributed by atoms with Crippen LogP contribution in [0.1, 0.15) is 27.0 Å². The molecule has 0 radical (unpaired) electrons. The third-order valence-electron chi connectivity index (χ3n) is 4.33. The largest absolute Gasteiger partial charge is 0.489 e.